The van der Waals surface area contributed by atoms with E-state index in [1.807, 2.05) is 19.1 Å². The van der Waals surface area contributed by atoms with Crippen LogP contribution in [0.3, 0.4) is 0 Å². The average molecular weight is 380 g/mol. The molecule has 0 bridgehead atoms. The van der Waals surface area contributed by atoms with Gasteiger partial charge in [-0.3, -0.25) is 9.59 Å². The number of hydrogen-bond donors (Lipinski definition) is 4. The normalized spacial score (nSPS) is 16.6. The first kappa shape index (κ1) is 20.8. The quantitative estimate of drug-likeness (QED) is 0.257. The molecule has 0 spiro atoms. The van der Waals surface area contributed by atoms with Crippen LogP contribution in [0.15, 0.2) is 72.4 Å². The topological polar surface area (TPSA) is 98.7 Å². The van der Waals surface area contributed by atoms with Gasteiger partial charge < -0.3 is 20.8 Å². The molecule has 1 aliphatic rings. The Kier molecular flexibility index (Phi) is 6.98. The van der Waals surface area contributed by atoms with Crippen LogP contribution < -0.4 is 10.6 Å². The van der Waals surface area contributed by atoms with E-state index in [4.69, 9.17) is 0 Å². The molecular weight excluding hydrogens is 356 g/mol. The summed E-state index contributed by atoms with van der Waals surface area (Å²) in [6.45, 7) is 7.26. The summed E-state index contributed by atoms with van der Waals surface area (Å²) in [6.07, 6.45) is 12.5. The molecule has 0 fully saturated rings. The minimum absolute atomic E-state index is 0.0651. The summed E-state index contributed by atoms with van der Waals surface area (Å²) >= 11 is 0. The van der Waals surface area contributed by atoms with Crippen LogP contribution in [-0.4, -0.2) is 22.0 Å². The van der Waals surface area contributed by atoms with E-state index >= 15 is 0 Å². The van der Waals surface area contributed by atoms with Gasteiger partial charge in [0.25, 0.3) is 11.8 Å². The highest BCUT2D eigenvalue weighted by Crippen LogP contribution is 2.35. The van der Waals surface area contributed by atoms with Crippen LogP contribution >= 0.6 is 0 Å². The second kappa shape index (κ2) is 9.41. The number of amides is 2. The van der Waals surface area contributed by atoms with Crippen molar-refractivity contribution in [2.45, 2.75) is 20.3 Å². The van der Waals surface area contributed by atoms with Crippen molar-refractivity contribution in [1.82, 2.24) is 0 Å². The SMILES string of the molecule is C=C/C=C\C(=C/C)C(=O)Nc1cc(NC(=O)C2=CC=CC(C)C2)c(O)cc1O. The maximum Gasteiger partial charge on any atom is 0.255 e. The lowest BCUT2D eigenvalue weighted by molar-refractivity contribution is -0.113. The van der Waals surface area contributed by atoms with Gasteiger partial charge in [0.2, 0.25) is 0 Å². The number of allylic oxidation sites excluding steroid dienone is 6. The van der Waals surface area contributed by atoms with Crippen molar-refractivity contribution in [1.29, 1.82) is 0 Å². The molecule has 0 heterocycles. The maximum atomic E-state index is 12.5. The molecule has 0 saturated heterocycles. The first-order valence-corrected chi connectivity index (χ1v) is 8.87. The number of rotatable bonds is 6. The average Bonchev–Trinajstić information content (AvgIpc) is 2.66. The molecule has 1 aliphatic carbocycles. The highest BCUT2D eigenvalue weighted by molar-refractivity contribution is 6.08. The van der Waals surface area contributed by atoms with Crippen molar-refractivity contribution in [2.75, 3.05) is 10.6 Å². The lowest BCUT2D eigenvalue weighted by Gasteiger charge is -2.16. The summed E-state index contributed by atoms with van der Waals surface area (Å²) in [5, 5.41) is 25.3. The van der Waals surface area contributed by atoms with E-state index < -0.39 is 5.91 Å². The molecule has 146 valence electrons. The Balaban J connectivity index is 2.22. The monoisotopic (exact) mass is 380 g/mol. The molecule has 1 aromatic rings. The van der Waals surface area contributed by atoms with Crippen molar-refractivity contribution < 1.29 is 19.8 Å². The summed E-state index contributed by atoms with van der Waals surface area (Å²) in [5.74, 6) is -1.18. The van der Waals surface area contributed by atoms with Gasteiger partial charge in [0.15, 0.2) is 0 Å². The molecule has 0 aliphatic heterocycles. The van der Waals surface area contributed by atoms with Gasteiger partial charge in [-0.05, 0) is 31.4 Å². The molecule has 6 nitrogen and oxygen atoms in total. The van der Waals surface area contributed by atoms with Crippen molar-refractivity contribution in [2.24, 2.45) is 5.92 Å². The summed E-state index contributed by atoms with van der Waals surface area (Å²) in [5.41, 5.74) is 1.10. The van der Waals surface area contributed by atoms with Crippen molar-refractivity contribution >= 4 is 23.2 Å². The van der Waals surface area contributed by atoms with Crippen LogP contribution in [0, 0.1) is 5.92 Å². The third-order valence-electron chi connectivity index (χ3n) is 4.17. The fraction of sp³-hybridized carbons (Fsp3) is 0.182. The van der Waals surface area contributed by atoms with E-state index in [-0.39, 0.29) is 34.7 Å². The molecule has 4 N–H and O–H groups in total. The van der Waals surface area contributed by atoms with Gasteiger partial charge in [-0.1, -0.05) is 50.0 Å². The maximum absolute atomic E-state index is 12.5. The highest BCUT2D eigenvalue weighted by Gasteiger charge is 2.18. The zero-order valence-electron chi connectivity index (χ0n) is 15.9. The molecule has 1 atom stereocenters. The number of benzene rings is 1. The Bertz CT molecular complexity index is 907. The summed E-state index contributed by atoms with van der Waals surface area (Å²) in [4.78, 5) is 24.8. The number of carbonyl (C=O) groups is 2. The lowest BCUT2D eigenvalue weighted by Crippen LogP contribution is -2.18. The first-order valence-electron chi connectivity index (χ1n) is 8.87. The van der Waals surface area contributed by atoms with Crippen LogP contribution in [0.2, 0.25) is 0 Å². The van der Waals surface area contributed by atoms with E-state index in [9.17, 15) is 19.8 Å². The Labute approximate surface area is 164 Å². The molecule has 6 heteroatoms. The van der Waals surface area contributed by atoms with Crippen molar-refractivity contribution in [3.8, 4) is 11.5 Å². The van der Waals surface area contributed by atoms with E-state index in [1.54, 1.807) is 37.3 Å². The third kappa shape index (κ3) is 5.23. The number of aromatic hydroxyl groups is 2. The number of hydrogen-bond acceptors (Lipinski definition) is 4. The number of phenols is 2. The smallest absolute Gasteiger partial charge is 0.255 e. The fourth-order valence-electron chi connectivity index (χ4n) is 2.66. The summed E-state index contributed by atoms with van der Waals surface area (Å²) < 4.78 is 0. The van der Waals surface area contributed by atoms with E-state index in [1.165, 1.54) is 6.07 Å². The second-order valence-corrected chi connectivity index (χ2v) is 6.39. The van der Waals surface area contributed by atoms with Gasteiger partial charge in [0.1, 0.15) is 11.5 Å². The number of carbonyl (C=O) groups excluding carboxylic acids is 2. The predicted molar refractivity (Wildman–Crippen MR) is 111 cm³/mol. The molecule has 0 aromatic heterocycles. The van der Waals surface area contributed by atoms with Crippen LogP contribution in [0.4, 0.5) is 11.4 Å². The molecule has 2 amide bonds. The Morgan fingerprint density at radius 3 is 2.46 bits per heavy atom. The highest BCUT2D eigenvalue weighted by atomic mass is 16.3. The number of phenolic OH excluding ortho intramolecular Hbond substituents is 2. The van der Waals surface area contributed by atoms with E-state index in [0.29, 0.717) is 17.6 Å². The number of anilines is 2. The van der Waals surface area contributed by atoms with Gasteiger partial charge in [0, 0.05) is 17.2 Å². The summed E-state index contributed by atoms with van der Waals surface area (Å²) in [6, 6.07) is 2.38. The van der Waals surface area contributed by atoms with Gasteiger partial charge in [-0.2, -0.15) is 0 Å². The first-order chi connectivity index (χ1) is 13.3. The molecular formula is C22H24N2O4. The second-order valence-electron chi connectivity index (χ2n) is 6.39. The molecule has 2 rings (SSSR count). The van der Waals surface area contributed by atoms with Crippen LogP contribution in [0.1, 0.15) is 20.3 Å². The van der Waals surface area contributed by atoms with Gasteiger partial charge in [0.05, 0.1) is 11.4 Å². The van der Waals surface area contributed by atoms with Gasteiger partial charge in [-0.25, -0.2) is 0 Å². The Hall–Kier alpha value is -3.54. The summed E-state index contributed by atoms with van der Waals surface area (Å²) in [7, 11) is 0. The molecule has 0 radical (unpaired) electrons. The minimum Gasteiger partial charge on any atom is -0.506 e. The molecule has 1 unspecified atom stereocenters. The third-order valence-corrected chi connectivity index (χ3v) is 4.17. The van der Waals surface area contributed by atoms with Gasteiger partial charge in [-0.15, -0.1) is 0 Å². The standard InChI is InChI=1S/C22H24N2O4/c1-4-6-9-15(5-2)21(27)23-17-12-18(20(26)13-19(17)25)24-22(28)16-10-7-8-14(3)11-16/h4-10,12-14,25-26H,1,11H2,2-3H3,(H,23,27)(H,24,28)/b9-6-,15-5+. The molecule has 1 aromatic carbocycles. The molecule has 28 heavy (non-hydrogen) atoms. The van der Waals surface area contributed by atoms with Gasteiger partial charge >= 0.3 is 0 Å². The van der Waals surface area contributed by atoms with E-state index in [0.717, 1.165) is 6.07 Å². The predicted octanol–water partition coefficient (Wildman–Crippen LogP) is 4.19. The Morgan fingerprint density at radius 2 is 1.86 bits per heavy atom. The van der Waals surface area contributed by atoms with Crippen LogP contribution in [0.25, 0.3) is 0 Å². The van der Waals surface area contributed by atoms with Crippen LogP contribution in [-0.2, 0) is 9.59 Å². The zero-order valence-corrected chi connectivity index (χ0v) is 15.9. The Morgan fingerprint density at radius 1 is 1.18 bits per heavy atom. The lowest BCUT2D eigenvalue weighted by atomic mass is 9.95. The van der Waals surface area contributed by atoms with Crippen molar-refractivity contribution in [3.05, 3.63) is 72.4 Å². The zero-order chi connectivity index (χ0) is 20.7. The largest absolute Gasteiger partial charge is 0.506 e. The minimum atomic E-state index is -0.451. The molecule has 0 saturated carbocycles. The van der Waals surface area contributed by atoms with E-state index in [2.05, 4.69) is 17.2 Å². The van der Waals surface area contributed by atoms with Crippen LogP contribution in [0.5, 0.6) is 11.5 Å². The number of nitrogens with one attached hydrogen (secondary N) is 2. The fourth-order valence-corrected chi connectivity index (χ4v) is 2.66. The van der Waals surface area contributed by atoms with Crippen molar-refractivity contribution in [3.63, 3.8) is 0 Å².